The average molecular weight is 327 g/mol. The number of para-hydroxylation sites is 1. The van der Waals surface area contributed by atoms with Crippen LogP contribution in [-0.2, 0) is 4.74 Å². The van der Waals surface area contributed by atoms with Crippen LogP contribution < -0.4 is 4.74 Å². The molecule has 2 rings (SSSR count). The van der Waals surface area contributed by atoms with Crippen molar-refractivity contribution in [3.8, 4) is 5.75 Å². The fourth-order valence-corrected chi connectivity index (χ4v) is 3.36. The maximum Gasteiger partial charge on any atom is 0.124 e. The third kappa shape index (κ3) is 3.96. The molecule has 0 spiro atoms. The number of benzene rings is 1. The first-order valence-electron chi connectivity index (χ1n) is 7.09. The summed E-state index contributed by atoms with van der Waals surface area (Å²) in [5.41, 5.74) is 1.14. The van der Waals surface area contributed by atoms with Gasteiger partial charge in [-0.2, -0.15) is 0 Å². The highest BCUT2D eigenvalue weighted by Gasteiger charge is 2.24. The van der Waals surface area contributed by atoms with Crippen molar-refractivity contribution in [1.29, 1.82) is 0 Å². The van der Waals surface area contributed by atoms with Crippen LogP contribution in [0.15, 0.2) is 24.3 Å². The molecular formula is C16H23BrO2. The molecule has 1 aromatic carbocycles. The van der Waals surface area contributed by atoms with E-state index in [1.807, 2.05) is 18.2 Å². The molecule has 1 aliphatic rings. The topological polar surface area (TPSA) is 18.5 Å². The molecule has 106 valence electrons. The predicted molar refractivity (Wildman–Crippen MR) is 82.0 cm³/mol. The van der Waals surface area contributed by atoms with Gasteiger partial charge in [-0.1, -0.05) is 53.9 Å². The summed E-state index contributed by atoms with van der Waals surface area (Å²) in [4.78, 5) is 0. The Kier molecular flexibility index (Phi) is 5.71. The summed E-state index contributed by atoms with van der Waals surface area (Å²) in [5, 5.41) is 0.804. The minimum atomic E-state index is 0.0754. The lowest BCUT2D eigenvalue weighted by Crippen LogP contribution is -2.24. The highest BCUT2D eigenvalue weighted by molar-refractivity contribution is 9.09. The third-order valence-electron chi connectivity index (χ3n) is 3.87. The first-order chi connectivity index (χ1) is 9.24. The zero-order valence-corrected chi connectivity index (χ0v) is 13.4. The van der Waals surface area contributed by atoms with E-state index >= 15 is 0 Å². The predicted octanol–water partition coefficient (Wildman–Crippen LogP) is 4.73. The number of methoxy groups -OCH3 is 1. The van der Waals surface area contributed by atoms with Crippen molar-refractivity contribution in [2.24, 2.45) is 5.92 Å². The summed E-state index contributed by atoms with van der Waals surface area (Å²) in [7, 11) is 1.72. The molecule has 1 aliphatic carbocycles. The number of alkyl halides is 1. The smallest absolute Gasteiger partial charge is 0.124 e. The molecule has 0 aromatic heterocycles. The van der Waals surface area contributed by atoms with E-state index < -0.39 is 0 Å². The van der Waals surface area contributed by atoms with E-state index in [2.05, 4.69) is 28.9 Å². The van der Waals surface area contributed by atoms with Crippen molar-refractivity contribution in [3.05, 3.63) is 29.8 Å². The molecule has 0 radical (unpaired) electrons. The van der Waals surface area contributed by atoms with Crippen LogP contribution in [0.25, 0.3) is 0 Å². The molecule has 3 unspecified atom stereocenters. The molecule has 0 aliphatic heterocycles. The molecule has 0 heterocycles. The van der Waals surface area contributed by atoms with Crippen LogP contribution >= 0.6 is 15.9 Å². The van der Waals surface area contributed by atoms with E-state index in [-0.39, 0.29) is 6.10 Å². The average Bonchev–Trinajstić information content (AvgIpc) is 2.45. The lowest BCUT2D eigenvalue weighted by atomic mass is 9.88. The Balaban J connectivity index is 2.07. The van der Waals surface area contributed by atoms with Crippen molar-refractivity contribution >= 4 is 15.9 Å². The van der Waals surface area contributed by atoms with Crippen molar-refractivity contribution in [1.82, 2.24) is 0 Å². The lowest BCUT2D eigenvalue weighted by molar-refractivity contribution is -0.0298. The van der Waals surface area contributed by atoms with Gasteiger partial charge in [-0.05, 0) is 24.8 Å². The first kappa shape index (κ1) is 14.9. The van der Waals surface area contributed by atoms with Gasteiger partial charge in [0.25, 0.3) is 0 Å². The van der Waals surface area contributed by atoms with Crippen LogP contribution in [0, 0.1) is 5.92 Å². The minimum Gasteiger partial charge on any atom is -0.496 e. The van der Waals surface area contributed by atoms with Crippen molar-refractivity contribution < 1.29 is 9.47 Å². The standard InChI is InChI=1S/C16H23BrO2/c1-12-6-5-7-13(10-12)19-16(11-17)14-8-3-4-9-15(14)18-2/h3-4,8-9,12-13,16H,5-7,10-11H2,1-2H3. The number of rotatable bonds is 5. The normalized spacial score (nSPS) is 25.0. The molecule has 1 fully saturated rings. The second-order valence-corrected chi connectivity index (χ2v) is 6.06. The Hall–Kier alpha value is -0.540. The van der Waals surface area contributed by atoms with Gasteiger partial charge in [0.05, 0.1) is 19.3 Å². The van der Waals surface area contributed by atoms with Gasteiger partial charge in [0.1, 0.15) is 5.75 Å². The monoisotopic (exact) mass is 326 g/mol. The zero-order valence-electron chi connectivity index (χ0n) is 11.8. The largest absolute Gasteiger partial charge is 0.496 e. The maximum absolute atomic E-state index is 6.31. The second-order valence-electron chi connectivity index (χ2n) is 5.41. The van der Waals surface area contributed by atoms with E-state index in [0.717, 1.165) is 22.6 Å². The molecule has 0 amide bonds. The Labute approximate surface area is 124 Å². The third-order valence-corrected chi connectivity index (χ3v) is 4.46. The zero-order chi connectivity index (χ0) is 13.7. The van der Waals surface area contributed by atoms with Gasteiger partial charge in [-0.3, -0.25) is 0 Å². The van der Waals surface area contributed by atoms with E-state index in [1.54, 1.807) is 7.11 Å². The quantitative estimate of drug-likeness (QED) is 0.728. The molecule has 3 heteroatoms. The number of ether oxygens (including phenoxy) is 2. The maximum atomic E-state index is 6.31. The Bertz CT molecular complexity index is 394. The van der Waals surface area contributed by atoms with Crippen molar-refractivity contribution in [2.75, 3.05) is 12.4 Å². The summed E-state index contributed by atoms with van der Waals surface area (Å²) in [6.07, 6.45) is 5.45. The lowest BCUT2D eigenvalue weighted by Gasteiger charge is -2.30. The summed E-state index contributed by atoms with van der Waals surface area (Å²) >= 11 is 3.58. The summed E-state index contributed by atoms with van der Waals surface area (Å²) in [5.74, 6) is 1.70. The molecule has 3 atom stereocenters. The van der Waals surface area contributed by atoms with E-state index in [1.165, 1.54) is 25.7 Å². The number of halogens is 1. The number of hydrogen-bond donors (Lipinski definition) is 0. The van der Waals surface area contributed by atoms with Gasteiger partial charge in [-0.15, -0.1) is 0 Å². The molecule has 0 bridgehead atoms. The summed E-state index contributed by atoms with van der Waals surface area (Å²) in [6.45, 7) is 2.32. The minimum absolute atomic E-state index is 0.0754. The van der Waals surface area contributed by atoms with Gasteiger partial charge in [-0.25, -0.2) is 0 Å². The Morgan fingerprint density at radius 1 is 1.32 bits per heavy atom. The first-order valence-corrected chi connectivity index (χ1v) is 8.21. The summed E-state index contributed by atoms with van der Waals surface area (Å²) in [6, 6.07) is 8.13. The number of hydrogen-bond acceptors (Lipinski definition) is 2. The van der Waals surface area contributed by atoms with Crippen LogP contribution in [0.3, 0.4) is 0 Å². The van der Waals surface area contributed by atoms with Gasteiger partial charge in [0.2, 0.25) is 0 Å². The SMILES string of the molecule is COc1ccccc1C(CBr)OC1CCCC(C)C1. The van der Waals surface area contributed by atoms with Gasteiger partial charge < -0.3 is 9.47 Å². The van der Waals surface area contributed by atoms with Gasteiger partial charge in [0, 0.05) is 10.9 Å². The molecule has 1 saturated carbocycles. The van der Waals surface area contributed by atoms with Crippen LogP contribution in [0.1, 0.15) is 44.3 Å². The van der Waals surface area contributed by atoms with E-state index in [4.69, 9.17) is 9.47 Å². The molecule has 0 N–H and O–H groups in total. The van der Waals surface area contributed by atoms with Crippen LogP contribution in [0.5, 0.6) is 5.75 Å². The molecule has 1 aromatic rings. The van der Waals surface area contributed by atoms with Crippen LogP contribution in [0.2, 0.25) is 0 Å². The van der Waals surface area contributed by atoms with Gasteiger partial charge in [0.15, 0.2) is 0 Å². The molecule has 0 saturated heterocycles. The molecule has 2 nitrogen and oxygen atoms in total. The van der Waals surface area contributed by atoms with E-state index in [9.17, 15) is 0 Å². The van der Waals surface area contributed by atoms with Crippen LogP contribution in [0.4, 0.5) is 0 Å². The fourth-order valence-electron chi connectivity index (χ4n) is 2.86. The van der Waals surface area contributed by atoms with Gasteiger partial charge >= 0.3 is 0 Å². The Morgan fingerprint density at radius 2 is 2.11 bits per heavy atom. The highest BCUT2D eigenvalue weighted by atomic mass is 79.9. The summed E-state index contributed by atoms with van der Waals surface area (Å²) < 4.78 is 11.8. The van der Waals surface area contributed by atoms with E-state index in [0.29, 0.717) is 6.10 Å². The highest BCUT2D eigenvalue weighted by Crippen LogP contribution is 2.34. The van der Waals surface area contributed by atoms with Crippen LogP contribution in [-0.4, -0.2) is 18.5 Å². The van der Waals surface area contributed by atoms with Crippen molar-refractivity contribution in [2.45, 2.75) is 44.8 Å². The fraction of sp³-hybridized carbons (Fsp3) is 0.625. The van der Waals surface area contributed by atoms with Crippen molar-refractivity contribution in [3.63, 3.8) is 0 Å². The molecule has 19 heavy (non-hydrogen) atoms. The Morgan fingerprint density at radius 3 is 2.79 bits per heavy atom. The second kappa shape index (κ2) is 7.30. The molecular weight excluding hydrogens is 304 g/mol.